The summed E-state index contributed by atoms with van der Waals surface area (Å²) in [7, 11) is 0. The van der Waals surface area contributed by atoms with Crippen molar-refractivity contribution in [2.75, 3.05) is 0 Å². The summed E-state index contributed by atoms with van der Waals surface area (Å²) >= 11 is 5.88. The van der Waals surface area contributed by atoms with Crippen molar-refractivity contribution in [1.29, 1.82) is 0 Å². The van der Waals surface area contributed by atoms with Crippen molar-refractivity contribution in [1.82, 2.24) is 0 Å². The van der Waals surface area contributed by atoms with Crippen molar-refractivity contribution >= 4 is 29.6 Å². The molecule has 0 atom stereocenters. The van der Waals surface area contributed by atoms with E-state index in [4.69, 9.17) is 11.6 Å². The third-order valence-electron chi connectivity index (χ3n) is 3.43. The summed E-state index contributed by atoms with van der Waals surface area (Å²) in [4.78, 5) is 4.46. The fourth-order valence-corrected chi connectivity index (χ4v) is 2.16. The van der Waals surface area contributed by atoms with Gasteiger partial charge in [0.15, 0.2) is 0 Å². The summed E-state index contributed by atoms with van der Waals surface area (Å²) in [6.45, 7) is 6.60. The van der Waals surface area contributed by atoms with Gasteiger partial charge in [0.2, 0.25) is 0 Å². The largest absolute Gasteiger partial charge is 0.257 e. The first-order chi connectivity index (χ1) is 10.9. The number of rotatable bonds is 4. The van der Waals surface area contributed by atoms with Gasteiger partial charge in [0.25, 0.3) is 0 Å². The van der Waals surface area contributed by atoms with Crippen LogP contribution in [0.3, 0.4) is 0 Å². The van der Waals surface area contributed by atoms with E-state index >= 15 is 0 Å². The molecule has 0 radical (unpaired) electrons. The van der Waals surface area contributed by atoms with Crippen LogP contribution in [0.5, 0.6) is 0 Å². The average molecular weight is 324 g/mol. The minimum absolute atomic E-state index is 0.0529. The predicted octanol–water partition coefficient (Wildman–Crippen LogP) is 6.73. The molecule has 0 aromatic heterocycles. The Hall–Kier alpha value is -2.12. The van der Waals surface area contributed by atoms with Gasteiger partial charge in [0.1, 0.15) is 0 Å². The SMILES string of the molecule is CC(C)(C)C(/C=C/c1ccccc1)=C/C=Nc1ccc(Cl)cc1. The van der Waals surface area contributed by atoms with E-state index < -0.39 is 0 Å². The van der Waals surface area contributed by atoms with E-state index in [1.54, 1.807) is 0 Å². The van der Waals surface area contributed by atoms with Gasteiger partial charge < -0.3 is 0 Å². The summed E-state index contributed by atoms with van der Waals surface area (Å²) in [5.41, 5.74) is 3.36. The third-order valence-corrected chi connectivity index (χ3v) is 3.68. The monoisotopic (exact) mass is 323 g/mol. The van der Waals surface area contributed by atoms with Crippen molar-refractivity contribution in [2.24, 2.45) is 10.4 Å². The lowest BCUT2D eigenvalue weighted by molar-refractivity contribution is 0.518. The molecule has 0 heterocycles. The van der Waals surface area contributed by atoms with Gasteiger partial charge in [-0.2, -0.15) is 0 Å². The van der Waals surface area contributed by atoms with Crippen LogP contribution in [0.15, 0.2) is 77.3 Å². The zero-order valence-electron chi connectivity index (χ0n) is 13.8. The minimum Gasteiger partial charge on any atom is -0.257 e. The summed E-state index contributed by atoms with van der Waals surface area (Å²) < 4.78 is 0. The molecule has 0 amide bonds. The fraction of sp³-hybridized carbons (Fsp3) is 0.190. The van der Waals surface area contributed by atoms with Gasteiger partial charge in [0, 0.05) is 11.2 Å². The first kappa shape index (κ1) is 17.2. The van der Waals surface area contributed by atoms with Crippen molar-refractivity contribution in [3.63, 3.8) is 0 Å². The van der Waals surface area contributed by atoms with Crippen LogP contribution in [0.25, 0.3) is 6.08 Å². The van der Waals surface area contributed by atoms with Gasteiger partial charge in [-0.25, -0.2) is 0 Å². The van der Waals surface area contributed by atoms with E-state index in [-0.39, 0.29) is 5.41 Å². The first-order valence-corrected chi connectivity index (χ1v) is 8.06. The van der Waals surface area contributed by atoms with Gasteiger partial charge in [-0.3, -0.25) is 4.99 Å². The summed E-state index contributed by atoms with van der Waals surface area (Å²) in [6.07, 6.45) is 8.20. The van der Waals surface area contributed by atoms with Crippen LogP contribution in [0.4, 0.5) is 5.69 Å². The normalized spacial score (nSPS) is 13.1. The van der Waals surface area contributed by atoms with Gasteiger partial charge >= 0.3 is 0 Å². The van der Waals surface area contributed by atoms with Crippen molar-refractivity contribution in [2.45, 2.75) is 20.8 Å². The van der Waals surface area contributed by atoms with Crippen molar-refractivity contribution in [3.8, 4) is 0 Å². The maximum atomic E-state index is 5.88. The number of hydrogen-bond acceptors (Lipinski definition) is 1. The molecular weight excluding hydrogens is 302 g/mol. The molecule has 2 aromatic carbocycles. The quantitative estimate of drug-likeness (QED) is 0.437. The fourth-order valence-electron chi connectivity index (χ4n) is 2.04. The molecule has 0 fully saturated rings. The number of aliphatic imine (C=N–C) groups is 1. The van der Waals surface area contributed by atoms with Gasteiger partial charge in [-0.05, 0) is 46.9 Å². The Bertz CT molecular complexity index is 702. The lowest BCUT2D eigenvalue weighted by atomic mass is 9.85. The van der Waals surface area contributed by atoms with Crippen LogP contribution in [0.1, 0.15) is 26.3 Å². The van der Waals surface area contributed by atoms with Gasteiger partial charge in [-0.15, -0.1) is 0 Å². The molecule has 0 aliphatic carbocycles. The molecule has 1 nitrogen and oxygen atoms in total. The van der Waals surface area contributed by atoms with E-state index in [1.807, 2.05) is 48.7 Å². The molecule has 0 aliphatic rings. The number of allylic oxidation sites excluding steroid dienone is 3. The second-order valence-corrected chi connectivity index (χ2v) is 6.81. The smallest absolute Gasteiger partial charge is 0.0630 e. The number of nitrogens with zero attached hydrogens (tertiary/aromatic N) is 1. The third kappa shape index (κ3) is 5.88. The van der Waals surface area contributed by atoms with E-state index in [0.29, 0.717) is 0 Å². The Balaban J connectivity index is 2.18. The molecule has 0 bridgehead atoms. The molecule has 23 heavy (non-hydrogen) atoms. The molecule has 2 rings (SSSR count). The second-order valence-electron chi connectivity index (χ2n) is 6.37. The van der Waals surface area contributed by atoms with Crippen LogP contribution in [-0.2, 0) is 0 Å². The Morgan fingerprint density at radius 2 is 1.61 bits per heavy atom. The van der Waals surface area contributed by atoms with E-state index in [2.05, 4.69) is 56.1 Å². The van der Waals surface area contributed by atoms with Gasteiger partial charge in [-0.1, -0.05) is 74.9 Å². The number of benzene rings is 2. The van der Waals surface area contributed by atoms with Crippen molar-refractivity contribution in [3.05, 3.63) is 82.9 Å². The summed E-state index contributed by atoms with van der Waals surface area (Å²) in [5.74, 6) is 0. The molecular formula is C21H22ClN. The Morgan fingerprint density at radius 3 is 2.22 bits per heavy atom. The highest BCUT2D eigenvalue weighted by atomic mass is 35.5. The molecule has 2 aromatic rings. The standard InChI is InChI=1S/C21H22ClN/c1-21(2,3)18(10-9-17-7-5-4-6-8-17)15-16-23-20-13-11-19(22)12-14-20/h4-16H,1-3H3/b10-9+,18-15+,23-16?. The molecule has 2 heteroatoms. The highest BCUT2D eigenvalue weighted by molar-refractivity contribution is 6.30. The lowest BCUT2D eigenvalue weighted by Gasteiger charge is -2.19. The molecule has 118 valence electrons. The zero-order valence-corrected chi connectivity index (χ0v) is 14.6. The highest BCUT2D eigenvalue weighted by Crippen LogP contribution is 2.26. The summed E-state index contributed by atoms with van der Waals surface area (Å²) in [5, 5.41) is 0.723. The predicted molar refractivity (Wildman–Crippen MR) is 103 cm³/mol. The van der Waals surface area contributed by atoms with Gasteiger partial charge in [0.05, 0.1) is 5.69 Å². The maximum absolute atomic E-state index is 5.88. The number of halogens is 1. The molecule has 0 aliphatic heterocycles. The Kier molecular flexibility index (Phi) is 5.95. The lowest BCUT2D eigenvalue weighted by Crippen LogP contribution is -2.07. The molecule has 0 saturated carbocycles. The first-order valence-electron chi connectivity index (χ1n) is 7.69. The van der Waals surface area contributed by atoms with E-state index in [9.17, 15) is 0 Å². The average Bonchev–Trinajstić information content (AvgIpc) is 2.52. The van der Waals surface area contributed by atoms with E-state index in [1.165, 1.54) is 11.1 Å². The minimum atomic E-state index is 0.0529. The van der Waals surface area contributed by atoms with Crippen LogP contribution in [-0.4, -0.2) is 6.21 Å². The van der Waals surface area contributed by atoms with Crippen LogP contribution >= 0.6 is 11.6 Å². The maximum Gasteiger partial charge on any atom is 0.0630 e. The van der Waals surface area contributed by atoms with Crippen LogP contribution in [0.2, 0.25) is 5.02 Å². The van der Waals surface area contributed by atoms with Crippen molar-refractivity contribution < 1.29 is 0 Å². The highest BCUT2D eigenvalue weighted by Gasteiger charge is 2.13. The Labute approximate surface area is 144 Å². The van der Waals surface area contributed by atoms with Crippen LogP contribution in [0, 0.1) is 5.41 Å². The molecule has 0 N–H and O–H groups in total. The molecule has 0 unspecified atom stereocenters. The topological polar surface area (TPSA) is 12.4 Å². The second kappa shape index (κ2) is 7.94. The number of hydrogen-bond donors (Lipinski definition) is 0. The zero-order chi connectivity index (χ0) is 16.7. The molecule has 0 saturated heterocycles. The van der Waals surface area contributed by atoms with Crippen LogP contribution < -0.4 is 0 Å². The van der Waals surface area contributed by atoms with E-state index in [0.717, 1.165) is 10.7 Å². The Morgan fingerprint density at radius 1 is 0.957 bits per heavy atom. The summed E-state index contributed by atoms with van der Waals surface area (Å²) in [6, 6.07) is 17.8. The molecule has 0 spiro atoms.